The second kappa shape index (κ2) is 5.85. The zero-order chi connectivity index (χ0) is 13.1. The van der Waals surface area contributed by atoms with Gasteiger partial charge in [0.1, 0.15) is 0 Å². The van der Waals surface area contributed by atoms with Crippen LogP contribution in [0.5, 0.6) is 0 Å². The van der Waals surface area contributed by atoms with Gasteiger partial charge in [-0.2, -0.15) is 5.10 Å². The first-order valence-electron chi connectivity index (χ1n) is 5.89. The van der Waals surface area contributed by atoms with Crippen molar-refractivity contribution in [2.75, 3.05) is 13.7 Å². The molecule has 0 aliphatic heterocycles. The predicted molar refractivity (Wildman–Crippen MR) is 70.4 cm³/mol. The van der Waals surface area contributed by atoms with Crippen molar-refractivity contribution in [3.8, 4) is 0 Å². The molecule has 0 spiro atoms. The number of hydrogen-bond donors (Lipinski definition) is 1. The molecule has 1 aromatic rings. The monoisotopic (exact) mass is 259 g/mol. The Bertz CT molecular complexity index is 374. The summed E-state index contributed by atoms with van der Waals surface area (Å²) >= 11 is 6.30. The highest BCUT2D eigenvalue weighted by atomic mass is 35.5. The average Bonchev–Trinajstić information content (AvgIpc) is 2.53. The molecular formula is C12H22ClN3O. The van der Waals surface area contributed by atoms with Gasteiger partial charge in [-0.25, -0.2) is 0 Å². The SMILES string of the molecule is CCc1nn(C)c(CC(C)(N)CCOC)c1Cl. The molecule has 1 unspecified atom stereocenters. The van der Waals surface area contributed by atoms with Crippen LogP contribution in [0.15, 0.2) is 0 Å². The second-order valence-corrected chi connectivity index (χ2v) is 5.14. The number of methoxy groups -OCH3 is 1. The van der Waals surface area contributed by atoms with Crippen molar-refractivity contribution < 1.29 is 4.74 Å². The lowest BCUT2D eigenvalue weighted by atomic mass is 9.93. The molecule has 0 fully saturated rings. The summed E-state index contributed by atoms with van der Waals surface area (Å²) in [7, 11) is 3.59. The third-order valence-electron chi connectivity index (χ3n) is 2.95. The van der Waals surface area contributed by atoms with Crippen LogP contribution in [0.1, 0.15) is 31.7 Å². The molecule has 0 radical (unpaired) electrons. The summed E-state index contributed by atoms with van der Waals surface area (Å²) in [5.41, 5.74) is 7.86. The van der Waals surface area contributed by atoms with Crippen molar-refractivity contribution in [1.29, 1.82) is 0 Å². The average molecular weight is 260 g/mol. The molecule has 0 saturated heterocycles. The van der Waals surface area contributed by atoms with Crippen LogP contribution in [0.3, 0.4) is 0 Å². The van der Waals surface area contributed by atoms with Crippen molar-refractivity contribution in [3.63, 3.8) is 0 Å². The van der Waals surface area contributed by atoms with Crippen molar-refractivity contribution >= 4 is 11.6 Å². The van der Waals surface area contributed by atoms with Crippen molar-refractivity contribution in [1.82, 2.24) is 9.78 Å². The molecule has 1 aromatic heterocycles. The number of aromatic nitrogens is 2. The number of nitrogens with two attached hydrogens (primary N) is 1. The van der Waals surface area contributed by atoms with Gasteiger partial charge in [0.25, 0.3) is 0 Å². The quantitative estimate of drug-likeness (QED) is 0.849. The number of halogens is 1. The second-order valence-electron chi connectivity index (χ2n) is 4.76. The van der Waals surface area contributed by atoms with Gasteiger partial charge in [0.2, 0.25) is 0 Å². The van der Waals surface area contributed by atoms with E-state index in [4.69, 9.17) is 22.1 Å². The van der Waals surface area contributed by atoms with Crippen molar-refractivity contribution in [2.45, 2.75) is 38.6 Å². The van der Waals surface area contributed by atoms with Gasteiger partial charge in [-0.1, -0.05) is 18.5 Å². The fourth-order valence-corrected chi connectivity index (χ4v) is 2.18. The number of hydrogen-bond acceptors (Lipinski definition) is 3. The molecule has 0 aromatic carbocycles. The molecule has 5 heteroatoms. The zero-order valence-electron chi connectivity index (χ0n) is 11.1. The van der Waals surface area contributed by atoms with E-state index in [0.717, 1.165) is 29.3 Å². The summed E-state index contributed by atoms with van der Waals surface area (Å²) in [5.74, 6) is 0. The van der Waals surface area contributed by atoms with Gasteiger partial charge in [0.05, 0.1) is 16.4 Å². The maximum atomic E-state index is 6.30. The Morgan fingerprint density at radius 3 is 2.65 bits per heavy atom. The van der Waals surface area contributed by atoms with Gasteiger partial charge in [0, 0.05) is 32.7 Å². The van der Waals surface area contributed by atoms with Crippen LogP contribution in [0.2, 0.25) is 5.02 Å². The molecule has 1 rings (SSSR count). The highest BCUT2D eigenvalue weighted by Gasteiger charge is 2.23. The van der Waals surface area contributed by atoms with Gasteiger partial charge in [-0.05, 0) is 19.8 Å². The third kappa shape index (κ3) is 3.69. The summed E-state index contributed by atoms with van der Waals surface area (Å²) in [6.45, 7) is 4.72. The fraction of sp³-hybridized carbons (Fsp3) is 0.750. The number of nitrogens with zero attached hydrogens (tertiary/aromatic N) is 2. The predicted octanol–water partition coefficient (Wildman–Crippen LogP) is 1.93. The van der Waals surface area contributed by atoms with Crippen LogP contribution in [0, 0.1) is 0 Å². The highest BCUT2D eigenvalue weighted by molar-refractivity contribution is 6.31. The normalized spacial score (nSPS) is 14.9. The minimum Gasteiger partial charge on any atom is -0.385 e. The van der Waals surface area contributed by atoms with Crippen LogP contribution >= 0.6 is 11.6 Å². The van der Waals surface area contributed by atoms with E-state index < -0.39 is 0 Å². The smallest absolute Gasteiger partial charge is 0.0850 e. The Morgan fingerprint density at radius 1 is 1.53 bits per heavy atom. The van der Waals surface area contributed by atoms with Crippen molar-refractivity contribution in [3.05, 3.63) is 16.4 Å². The maximum Gasteiger partial charge on any atom is 0.0850 e. The lowest BCUT2D eigenvalue weighted by Crippen LogP contribution is -2.40. The molecule has 0 saturated carbocycles. The molecule has 1 heterocycles. The molecule has 98 valence electrons. The number of rotatable bonds is 6. The Kier molecular flexibility index (Phi) is 4.98. The molecule has 0 aliphatic rings. The van der Waals surface area contributed by atoms with Gasteiger partial charge >= 0.3 is 0 Å². The Morgan fingerprint density at radius 2 is 2.18 bits per heavy atom. The van der Waals surface area contributed by atoms with Gasteiger partial charge in [0.15, 0.2) is 0 Å². The molecule has 17 heavy (non-hydrogen) atoms. The minimum atomic E-state index is -0.321. The van der Waals surface area contributed by atoms with E-state index in [2.05, 4.69) is 5.10 Å². The molecular weight excluding hydrogens is 238 g/mol. The summed E-state index contributed by atoms with van der Waals surface area (Å²) in [4.78, 5) is 0. The topological polar surface area (TPSA) is 53.1 Å². The van der Waals surface area contributed by atoms with Crippen LogP contribution in [0.25, 0.3) is 0 Å². The Balaban J connectivity index is 2.83. The van der Waals surface area contributed by atoms with Crippen molar-refractivity contribution in [2.24, 2.45) is 12.8 Å². The zero-order valence-corrected chi connectivity index (χ0v) is 11.8. The molecule has 1 atom stereocenters. The lowest BCUT2D eigenvalue weighted by molar-refractivity contribution is 0.171. The minimum absolute atomic E-state index is 0.321. The maximum absolute atomic E-state index is 6.30. The fourth-order valence-electron chi connectivity index (χ4n) is 1.82. The van der Waals surface area contributed by atoms with E-state index in [1.807, 2.05) is 25.6 Å². The first-order valence-corrected chi connectivity index (χ1v) is 6.27. The van der Waals surface area contributed by atoms with Crippen LogP contribution in [0.4, 0.5) is 0 Å². The largest absolute Gasteiger partial charge is 0.385 e. The first kappa shape index (κ1) is 14.5. The van der Waals surface area contributed by atoms with Gasteiger partial charge < -0.3 is 10.5 Å². The van der Waals surface area contributed by atoms with E-state index in [9.17, 15) is 0 Å². The summed E-state index contributed by atoms with van der Waals surface area (Å²) in [6, 6.07) is 0. The van der Waals surface area contributed by atoms with Gasteiger partial charge in [-0.15, -0.1) is 0 Å². The molecule has 4 nitrogen and oxygen atoms in total. The molecule has 2 N–H and O–H groups in total. The molecule has 0 aliphatic carbocycles. The lowest BCUT2D eigenvalue weighted by Gasteiger charge is -2.24. The van der Waals surface area contributed by atoms with E-state index in [1.165, 1.54) is 0 Å². The Hall–Kier alpha value is -0.580. The first-order chi connectivity index (χ1) is 7.91. The van der Waals surface area contributed by atoms with Crippen LogP contribution in [-0.4, -0.2) is 29.0 Å². The Labute approximate surface area is 108 Å². The summed E-state index contributed by atoms with van der Waals surface area (Å²) in [5, 5.41) is 5.14. The third-order valence-corrected chi connectivity index (χ3v) is 3.39. The summed E-state index contributed by atoms with van der Waals surface area (Å²) in [6.07, 6.45) is 2.34. The number of aryl methyl sites for hydroxylation is 2. The summed E-state index contributed by atoms with van der Waals surface area (Å²) < 4.78 is 6.90. The van der Waals surface area contributed by atoms with E-state index in [1.54, 1.807) is 7.11 Å². The number of ether oxygens (including phenoxy) is 1. The molecule has 0 amide bonds. The van der Waals surface area contributed by atoms with E-state index in [-0.39, 0.29) is 5.54 Å². The van der Waals surface area contributed by atoms with Gasteiger partial charge in [-0.3, -0.25) is 4.68 Å². The highest BCUT2D eigenvalue weighted by Crippen LogP contribution is 2.25. The van der Waals surface area contributed by atoms with E-state index in [0.29, 0.717) is 13.0 Å². The molecule has 0 bridgehead atoms. The van der Waals surface area contributed by atoms with Crippen LogP contribution < -0.4 is 5.73 Å². The van der Waals surface area contributed by atoms with Crippen LogP contribution in [-0.2, 0) is 24.6 Å². The standard InChI is InChI=1S/C12H22ClN3O/c1-5-9-11(13)10(16(3)15-9)8-12(2,14)6-7-17-4/h5-8,14H2,1-4H3. The van der Waals surface area contributed by atoms with E-state index >= 15 is 0 Å².